The van der Waals surface area contributed by atoms with Gasteiger partial charge in [0.2, 0.25) is 5.91 Å². The standard InChI is InChI=1S/C27H38N4O3S.C18H20N2O2S.C2H6/c1-3-5-6-7-8-14-24(34-22-12-9-11-21(19-22)20-28)26(33)31-17-10-13-23(31)25(32)29-27(15-16-27)30-35-18-4-2;1-10(2)14-9-23-18(20-14)13-8-16(22-5)12-6-7-15(21-4)11(3)17(12)19-13;1-2/h3,9,11-12,19,23-24,30H,1,4-8,10,13-18H2,2H3,(H,29,32);6-10H,1-5H3;1-2H3. The van der Waals surface area contributed by atoms with Crippen molar-refractivity contribution in [1.82, 2.24) is 24.9 Å². The number of aryl methyl sites for hydroxylation is 1. The van der Waals surface area contributed by atoms with E-state index in [1.54, 1.807) is 66.7 Å². The summed E-state index contributed by atoms with van der Waals surface area (Å²) in [7, 11) is 3.35. The number of nitrogens with one attached hydrogen (secondary N) is 2. The quantitative estimate of drug-likeness (QED) is 0.0405. The Hall–Kier alpha value is -4.64. The van der Waals surface area contributed by atoms with Crippen LogP contribution in [-0.4, -0.2) is 71.0 Å². The van der Waals surface area contributed by atoms with Crippen LogP contribution < -0.4 is 24.2 Å². The van der Waals surface area contributed by atoms with E-state index in [1.165, 1.54) is 0 Å². The summed E-state index contributed by atoms with van der Waals surface area (Å²) in [5, 5.41) is 16.4. The van der Waals surface area contributed by atoms with Crippen LogP contribution in [0.5, 0.6) is 17.2 Å². The molecule has 6 rings (SSSR count). The molecule has 2 fully saturated rings. The molecule has 0 spiro atoms. The number of aromatic nitrogens is 2. The smallest absolute Gasteiger partial charge is 0.264 e. The first-order valence-corrected chi connectivity index (χ1v) is 23.2. The lowest BCUT2D eigenvalue weighted by atomic mass is 10.1. The summed E-state index contributed by atoms with van der Waals surface area (Å²) in [6.07, 6.45) is 9.91. The number of methoxy groups -OCH3 is 2. The number of nitriles is 1. The molecule has 1 saturated carbocycles. The second-order valence-corrected chi connectivity index (χ2v) is 16.9. The lowest BCUT2D eigenvalue weighted by Crippen LogP contribution is -2.55. The fourth-order valence-electron chi connectivity index (χ4n) is 6.85. The van der Waals surface area contributed by atoms with Crippen molar-refractivity contribution in [2.45, 2.75) is 129 Å². The first-order chi connectivity index (χ1) is 29.1. The number of nitrogens with zero attached hydrogens (tertiary/aromatic N) is 4. The molecule has 60 heavy (non-hydrogen) atoms. The molecule has 2 aromatic heterocycles. The van der Waals surface area contributed by atoms with Crippen molar-refractivity contribution in [2.75, 3.05) is 26.5 Å². The Morgan fingerprint density at radius 3 is 2.52 bits per heavy atom. The number of amides is 2. The molecule has 2 atom stereocenters. The SMILES string of the molecule is C=CCCCCCC(Oc1cccc(C#N)c1)C(=O)N1CCCC1C(=O)NC1(NSCCC)CC1.CC.COc1ccc2c(OC)cc(-c3nc(C(C)C)cs3)nc2c1C. The van der Waals surface area contributed by atoms with Crippen molar-refractivity contribution < 1.29 is 23.8 Å². The van der Waals surface area contributed by atoms with E-state index >= 15 is 0 Å². The third kappa shape index (κ3) is 12.9. The number of carbonyl (C=O) groups is 2. The fraction of sp³-hybridized carbons (Fsp3) is 0.511. The molecule has 11 nitrogen and oxygen atoms in total. The zero-order valence-corrected chi connectivity index (χ0v) is 38.4. The van der Waals surface area contributed by atoms with E-state index in [1.807, 2.05) is 45.0 Å². The lowest BCUT2D eigenvalue weighted by Gasteiger charge is -2.30. The van der Waals surface area contributed by atoms with Gasteiger partial charge in [0.15, 0.2) is 6.10 Å². The van der Waals surface area contributed by atoms with Crippen molar-refractivity contribution in [3.8, 4) is 34.0 Å². The third-order valence-electron chi connectivity index (χ3n) is 10.3. The molecule has 324 valence electrons. The third-order valence-corrected chi connectivity index (χ3v) is 12.4. The van der Waals surface area contributed by atoms with E-state index in [9.17, 15) is 14.9 Å². The van der Waals surface area contributed by atoms with Gasteiger partial charge in [0.05, 0.1) is 42.7 Å². The number of hydrogen-bond donors (Lipinski definition) is 2. The highest BCUT2D eigenvalue weighted by Gasteiger charge is 2.47. The van der Waals surface area contributed by atoms with Gasteiger partial charge in [-0.25, -0.2) is 14.7 Å². The minimum atomic E-state index is -0.686. The highest BCUT2D eigenvalue weighted by molar-refractivity contribution is 7.97. The highest BCUT2D eigenvalue weighted by atomic mass is 32.2. The fourth-order valence-corrected chi connectivity index (χ4v) is 8.63. The maximum absolute atomic E-state index is 13.7. The molecule has 0 bridgehead atoms. The molecule has 1 aliphatic heterocycles. The second-order valence-electron chi connectivity index (χ2n) is 15.1. The maximum atomic E-state index is 13.7. The molecule has 13 heteroatoms. The van der Waals surface area contributed by atoms with E-state index in [4.69, 9.17) is 24.2 Å². The van der Waals surface area contributed by atoms with Crippen molar-refractivity contribution >= 4 is 46.0 Å². The topological polar surface area (TPSA) is 139 Å². The van der Waals surface area contributed by atoms with Gasteiger partial charge in [0, 0.05) is 34.7 Å². The summed E-state index contributed by atoms with van der Waals surface area (Å²) in [4.78, 5) is 38.1. The summed E-state index contributed by atoms with van der Waals surface area (Å²) in [5.74, 6) is 3.29. The van der Waals surface area contributed by atoms with Crippen LogP contribution in [-0.2, 0) is 9.59 Å². The molecule has 2 aromatic carbocycles. The van der Waals surface area contributed by atoms with Crippen molar-refractivity contribution in [2.24, 2.45) is 0 Å². The number of pyridine rings is 1. The van der Waals surface area contributed by atoms with E-state index < -0.39 is 12.1 Å². The number of rotatable bonds is 19. The van der Waals surface area contributed by atoms with Gasteiger partial charge in [-0.2, -0.15) is 5.26 Å². The van der Waals surface area contributed by atoms with Crippen LogP contribution in [0.25, 0.3) is 21.6 Å². The molecule has 2 aliphatic rings. The minimum Gasteiger partial charge on any atom is -0.496 e. The van der Waals surface area contributed by atoms with Crippen LogP contribution >= 0.6 is 23.3 Å². The Morgan fingerprint density at radius 1 is 1.10 bits per heavy atom. The Labute approximate surface area is 365 Å². The van der Waals surface area contributed by atoms with Crippen molar-refractivity contribution in [1.29, 1.82) is 5.26 Å². The number of ether oxygens (including phenoxy) is 3. The largest absolute Gasteiger partial charge is 0.496 e. The van der Waals surface area contributed by atoms with Crippen LogP contribution in [0.2, 0.25) is 0 Å². The van der Waals surface area contributed by atoms with Gasteiger partial charge < -0.3 is 24.4 Å². The van der Waals surface area contributed by atoms with Gasteiger partial charge in [-0.1, -0.05) is 65.1 Å². The van der Waals surface area contributed by atoms with Gasteiger partial charge >= 0.3 is 0 Å². The molecular formula is C47H64N6O5S2. The highest BCUT2D eigenvalue weighted by Crippen LogP contribution is 2.37. The average Bonchev–Trinajstić information content (AvgIpc) is 3.60. The predicted octanol–water partition coefficient (Wildman–Crippen LogP) is 10.5. The first kappa shape index (κ1) is 48.0. The van der Waals surface area contributed by atoms with Crippen LogP contribution in [0.4, 0.5) is 0 Å². The maximum Gasteiger partial charge on any atom is 0.264 e. The summed E-state index contributed by atoms with van der Waals surface area (Å²) in [6.45, 7) is 16.7. The van der Waals surface area contributed by atoms with Crippen LogP contribution in [0.15, 0.2) is 60.5 Å². The number of benzene rings is 2. The molecule has 4 aromatic rings. The van der Waals surface area contributed by atoms with E-state index in [2.05, 4.69) is 48.8 Å². The summed E-state index contributed by atoms with van der Waals surface area (Å²) in [6, 6.07) is 14.4. The van der Waals surface area contributed by atoms with Crippen molar-refractivity contribution in [3.05, 3.63) is 77.3 Å². The summed E-state index contributed by atoms with van der Waals surface area (Å²) < 4.78 is 20.5. The molecule has 2 amide bonds. The van der Waals surface area contributed by atoms with Gasteiger partial charge in [-0.05, 0) is 101 Å². The van der Waals surface area contributed by atoms with Gasteiger partial charge in [-0.15, -0.1) is 17.9 Å². The predicted molar refractivity (Wildman–Crippen MR) is 246 cm³/mol. The number of hydrogen-bond acceptors (Lipinski definition) is 11. The number of fused-ring (bicyclic) bond motifs is 1. The van der Waals surface area contributed by atoms with E-state index in [0.29, 0.717) is 36.6 Å². The zero-order valence-electron chi connectivity index (χ0n) is 36.8. The van der Waals surface area contributed by atoms with E-state index in [-0.39, 0.29) is 17.5 Å². The number of unbranched alkanes of at least 4 members (excludes halogenated alkanes) is 3. The number of allylic oxidation sites excluding steroid dienone is 1. The molecule has 1 saturated heterocycles. The molecule has 2 N–H and O–H groups in total. The monoisotopic (exact) mass is 856 g/mol. The number of thiazole rings is 1. The Morgan fingerprint density at radius 2 is 1.87 bits per heavy atom. The first-order valence-electron chi connectivity index (χ1n) is 21.3. The van der Waals surface area contributed by atoms with E-state index in [0.717, 1.165) is 101 Å². The average molecular weight is 857 g/mol. The Kier molecular flexibility index (Phi) is 19.2. The van der Waals surface area contributed by atoms with Gasteiger partial charge in [-0.3, -0.25) is 9.59 Å². The Bertz CT molecular complexity index is 2060. The molecule has 1 aliphatic carbocycles. The van der Waals surface area contributed by atoms with Crippen LogP contribution in [0, 0.1) is 18.3 Å². The van der Waals surface area contributed by atoms with Crippen LogP contribution in [0.1, 0.15) is 122 Å². The second kappa shape index (κ2) is 24.0. The summed E-state index contributed by atoms with van der Waals surface area (Å²) in [5.41, 5.74) is 3.97. The lowest BCUT2D eigenvalue weighted by molar-refractivity contribution is -0.144. The number of carbonyl (C=O) groups excluding carboxylic acids is 2. The summed E-state index contributed by atoms with van der Waals surface area (Å²) >= 11 is 3.26. The Balaban J connectivity index is 0.000000274. The molecule has 2 unspecified atom stereocenters. The molecular weight excluding hydrogens is 793 g/mol. The zero-order chi connectivity index (χ0) is 43.7. The number of likely N-dealkylation sites (tertiary alicyclic amines) is 1. The minimum absolute atomic E-state index is 0.0887. The van der Waals surface area contributed by atoms with Gasteiger partial charge in [0.25, 0.3) is 5.91 Å². The van der Waals surface area contributed by atoms with Crippen LogP contribution in [0.3, 0.4) is 0 Å². The van der Waals surface area contributed by atoms with Crippen molar-refractivity contribution in [3.63, 3.8) is 0 Å². The normalized spacial score (nSPS) is 15.5. The molecule has 0 radical (unpaired) electrons. The van der Waals surface area contributed by atoms with Gasteiger partial charge in [0.1, 0.15) is 34.0 Å². The molecule has 3 heterocycles.